The van der Waals surface area contributed by atoms with Crippen LogP contribution in [0, 0.1) is 0 Å². The predicted molar refractivity (Wildman–Crippen MR) is 123 cm³/mol. The third kappa shape index (κ3) is 6.05. The van der Waals surface area contributed by atoms with Gasteiger partial charge >= 0.3 is 0 Å². The molecule has 0 radical (unpaired) electrons. The van der Waals surface area contributed by atoms with Crippen LogP contribution in [0.4, 0.5) is 0 Å². The summed E-state index contributed by atoms with van der Waals surface area (Å²) in [7, 11) is 1.67. The van der Waals surface area contributed by atoms with Crippen LogP contribution < -0.4 is 10.6 Å². The Bertz CT molecular complexity index is 892. The van der Waals surface area contributed by atoms with Crippen LogP contribution in [0.15, 0.2) is 29.3 Å². The summed E-state index contributed by atoms with van der Waals surface area (Å²) in [5.41, 5.74) is 2.60. The number of methoxy groups -OCH3 is 1. The van der Waals surface area contributed by atoms with Gasteiger partial charge in [0.15, 0.2) is 11.8 Å². The van der Waals surface area contributed by atoms with Crippen molar-refractivity contribution in [2.45, 2.75) is 52.0 Å². The van der Waals surface area contributed by atoms with E-state index >= 15 is 0 Å². The Balaban J connectivity index is 1.39. The zero-order valence-electron chi connectivity index (χ0n) is 19.2. The van der Waals surface area contributed by atoms with E-state index in [2.05, 4.69) is 56.8 Å². The molecule has 32 heavy (non-hydrogen) atoms. The van der Waals surface area contributed by atoms with Crippen LogP contribution in [0.25, 0.3) is 0 Å². The number of guanidine groups is 1. The normalized spacial score (nSPS) is 19.6. The van der Waals surface area contributed by atoms with Crippen LogP contribution in [0.2, 0.25) is 0 Å². The lowest BCUT2D eigenvalue weighted by atomic mass is 10.1. The van der Waals surface area contributed by atoms with Crippen molar-refractivity contribution in [2.75, 3.05) is 40.0 Å². The Morgan fingerprint density at radius 3 is 2.84 bits per heavy atom. The number of aromatic nitrogens is 3. The number of nitrogens with zero attached hydrogens (tertiary/aromatic N) is 5. The average Bonchev–Trinajstić information content (AvgIpc) is 3.21. The Morgan fingerprint density at radius 2 is 2.06 bits per heavy atom. The molecule has 2 aliphatic rings. The second-order valence-corrected chi connectivity index (χ2v) is 8.29. The first-order valence-corrected chi connectivity index (χ1v) is 11.6. The highest BCUT2D eigenvalue weighted by molar-refractivity contribution is 5.80. The van der Waals surface area contributed by atoms with Gasteiger partial charge in [-0.2, -0.15) is 5.10 Å². The summed E-state index contributed by atoms with van der Waals surface area (Å²) in [6.07, 6.45) is 1.90. The van der Waals surface area contributed by atoms with E-state index in [0.29, 0.717) is 13.2 Å². The molecule has 2 N–H and O–H groups in total. The van der Waals surface area contributed by atoms with Gasteiger partial charge in [0.25, 0.3) is 0 Å². The number of aryl methyl sites for hydroxylation is 1. The molecule has 0 saturated carbocycles. The maximum atomic E-state index is 5.48. The molecule has 2 aromatic rings. The van der Waals surface area contributed by atoms with Gasteiger partial charge in [-0.15, -0.1) is 0 Å². The van der Waals surface area contributed by atoms with E-state index in [9.17, 15) is 0 Å². The SMILES string of the molecule is CCNC(=NCc1ccccc1CN1CCOCC1)NC1CCc2nc(COC)nn2C1. The summed E-state index contributed by atoms with van der Waals surface area (Å²) in [6, 6.07) is 8.87. The van der Waals surface area contributed by atoms with Gasteiger partial charge in [-0.3, -0.25) is 4.90 Å². The highest BCUT2D eigenvalue weighted by atomic mass is 16.5. The van der Waals surface area contributed by atoms with Gasteiger partial charge in [0, 0.05) is 45.8 Å². The van der Waals surface area contributed by atoms with E-state index in [1.54, 1.807) is 7.11 Å². The number of morpholine rings is 1. The maximum Gasteiger partial charge on any atom is 0.191 e. The predicted octanol–water partition coefficient (Wildman–Crippen LogP) is 1.33. The van der Waals surface area contributed by atoms with Crippen LogP contribution in [0.3, 0.4) is 0 Å². The first kappa shape index (κ1) is 22.7. The molecule has 0 aliphatic carbocycles. The first-order valence-electron chi connectivity index (χ1n) is 11.6. The summed E-state index contributed by atoms with van der Waals surface area (Å²) >= 11 is 0. The molecule has 0 amide bonds. The molecule has 9 heteroatoms. The van der Waals surface area contributed by atoms with Crippen LogP contribution >= 0.6 is 0 Å². The van der Waals surface area contributed by atoms with Crippen molar-refractivity contribution >= 4 is 5.96 Å². The number of nitrogens with one attached hydrogen (secondary N) is 2. The Labute approximate surface area is 190 Å². The molecule has 1 unspecified atom stereocenters. The van der Waals surface area contributed by atoms with Gasteiger partial charge in [-0.1, -0.05) is 24.3 Å². The molecule has 2 aliphatic heterocycles. The fourth-order valence-corrected chi connectivity index (χ4v) is 4.21. The van der Waals surface area contributed by atoms with E-state index in [4.69, 9.17) is 14.5 Å². The van der Waals surface area contributed by atoms with E-state index in [1.165, 1.54) is 11.1 Å². The molecule has 0 bridgehead atoms. The summed E-state index contributed by atoms with van der Waals surface area (Å²) in [4.78, 5) is 11.9. The van der Waals surface area contributed by atoms with Crippen molar-refractivity contribution in [3.8, 4) is 0 Å². The summed E-state index contributed by atoms with van der Waals surface area (Å²) in [5.74, 6) is 2.63. The topological polar surface area (TPSA) is 88.8 Å². The van der Waals surface area contributed by atoms with E-state index < -0.39 is 0 Å². The van der Waals surface area contributed by atoms with Gasteiger partial charge in [0.05, 0.1) is 26.3 Å². The zero-order valence-corrected chi connectivity index (χ0v) is 19.2. The Hall–Kier alpha value is -2.49. The van der Waals surface area contributed by atoms with Gasteiger partial charge in [0.1, 0.15) is 12.4 Å². The largest absolute Gasteiger partial charge is 0.379 e. The Kier molecular flexibility index (Phi) is 8.08. The summed E-state index contributed by atoms with van der Waals surface area (Å²) in [5, 5.41) is 11.6. The monoisotopic (exact) mass is 441 g/mol. The molecular weight excluding hydrogens is 406 g/mol. The van der Waals surface area contributed by atoms with E-state index in [0.717, 1.165) is 76.4 Å². The van der Waals surface area contributed by atoms with Crippen molar-refractivity contribution < 1.29 is 9.47 Å². The number of aliphatic imine (C=N–C) groups is 1. The first-order chi connectivity index (χ1) is 15.7. The number of rotatable bonds is 8. The highest BCUT2D eigenvalue weighted by Gasteiger charge is 2.22. The molecule has 1 atom stereocenters. The minimum Gasteiger partial charge on any atom is -0.379 e. The third-order valence-corrected chi connectivity index (χ3v) is 5.88. The standard InChI is InChI=1S/C23H35N7O2/c1-3-24-23(26-20-8-9-22-27-21(17-31-2)28-30(22)16-20)25-14-18-6-4-5-7-19(18)15-29-10-12-32-13-11-29/h4-7,20H,3,8-17H2,1-2H3,(H2,24,25,26). The fraction of sp³-hybridized carbons (Fsp3) is 0.609. The Morgan fingerprint density at radius 1 is 1.25 bits per heavy atom. The molecule has 4 rings (SSSR count). The molecule has 1 aromatic carbocycles. The zero-order chi connectivity index (χ0) is 22.2. The summed E-state index contributed by atoms with van der Waals surface area (Å²) < 4.78 is 12.6. The van der Waals surface area contributed by atoms with Crippen LogP contribution in [0.1, 0.15) is 36.1 Å². The van der Waals surface area contributed by atoms with Crippen molar-refractivity contribution in [3.63, 3.8) is 0 Å². The number of hydrogen-bond donors (Lipinski definition) is 2. The lowest BCUT2D eigenvalue weighted by Gasteiger charge is -2.27. The lowest BCUT2D eigenvalue weighted by Crippen LogP contribution is -2.47. The van der Waals surface area contributed by atoms with Crippen molar-refractivity contribution in [3.05, 3.63) is 47.0 Å². The van der Waals surface area contributed by atoms with Crippen LogP contribution in [0.5, 0.6) is 0 Å². The lowest BCUT2D eigenvalue weighted by molar-refractivity contribution is 0.0341. The molecular formula is C23H35N7O2. The molecule has 174 valence electrons. The third-order valence-electron chi connectivity index (χ3n) is 5.88. The minimum atomic E-state index is 0.265. The van der Waals surface area contributed by atoms with Crippen LogP contribution in [-0.4, -0.2) is 71.6 Å². The average molecular weight is 442 g/mol. The van der Waals surface area contributed by atoms with Gasteiger partial charge in [0.2, 0.25) is 0 Å². The second kappa shape index (κ2) is 11.4. The molecule has 3 heterocycles. The number of benzene rings is 1. The molecule has 1 fully saturated rings. The van der Waals surface area contributed by atoms with Gasteiger partial charge in [-0.05, 0) is 24.5 Å². The second-order valence-electron chi connectivity index (χ2n) is 8.29. The van der Waals surface area contributed by atoms with Crippen molar-refractivity contribution in [2.24, 2.45) is 4.99 Å². The van der Waals surface area contributed by atoms with Crippen LogP contribution in [-0.2, 0) is 42.1 Å². The quantitative estimate of drug-likeness (QED) is 0.472. The molecule has 1 saturated heterocycles. The maximum absolute atomic E-state index is 5.48. The molecule has 0 spiro atoms. The molecule has 1 aromatic heterocycles. The number of ether oxygens (including phenoxy) is 2. The summed E-state index contributed by atoms with van der Waals surface area (Å²) in [6.45, 7) is 9.34. The molecule has 9 nitrogen and oxygen atoms in total. The van der Waals surface area contributed by atoms with Crippen molar-refractivity contribution in [1.82, 2.24) is 30.3 Å². The highest BCUT2D eigenvalue weighted by Crippen LogP contribution is 2.15. The van der Waals surface area contributed by atoms with E-state index in [1.807, 2.05) is 4.68 Å². The van der Waals surface area contributed by atoms with Gasteiger partial charge < -0.3 is 20.1 Å². The van der Waals surface area contributed by atoms with Crippen molar-refractivity contribution in [1.29, 1.82) is 0 Å². The number of hydrogen-bond acceptors (Lipinski definition) is 6. The smallest absolute Gasteiger partial charge is 0.191 e. The number of fused-ring (bicyclic) bond motifs is 1. The fourth-order valence-electron chi connectivity index (χ4n) is 4.21. The van der Waals surface area contributed by atoms with E-state index in [-0.39, 0.29) is 6.04 Å². The van der Waals surface area contributed by atoms with Gasteiger partial charge in [-0.25, -0.2) is 14.7 Å². The minimum absolute atomic E-state index is 0.265.